The zero-order chi connectivity index (χ0) is 27.8. The van der Waals surface area contributed by atoms with Gasteiger partial charge in [-0.25, -0.2) is 0 Å². The number of hydrogen-bond acceptors (Lipinski definition) is 0. The molecule has 4 aromatic rings. The summed E-state index contributed by atoms with van der Waals surface area (Å²) >= 11 is -0.826. The van der Waals surface area contributed by atoms with Crippen LogP contribution in [-0.2, 0) is 31.7 Å². The molecule has 0 fully saturated rings. The maximum atomic E-state index is 4.93. The molecule has 0 bridgehead atoms. The van der Waals surface area contributed by atoms with Crippen LogP contribution in [0.5, 0.6) is 0 Å². The second kappa shape index (κ2) is 14.5. The molecule has 0 atom stereocenters. The average Bonchev–Trinajstić information content (AvgIpc) is 3.31. The fraction of sp³-hybridized carbons (Fsp3) is 0.438. The Morgan fingerprint density at radius 2 is 0.917 bits per heavy atom. The first kappa shape index (κ1) is 33.4. The van der Waals surface area contributed by atoms with E-state index >= 15 is 0 Å². The van der Waals surface area contributed by atoms with Crippen molar-refractivity contribution < 1.29 is 20.8 Å². The van der Waals surface area contributed by atoms with Gasteiger partial charge in [-0.2, -0.15) is 12.1 Å². The number of aryl methyl sites for hydroxylation is 4. The van der Waals surface area contributed by atoms with Gasteiger partial charge in [-0.3, -0.25) is 0 Å². The van der Waals surface area contributed by atoms with Crippen LogP contribution in [-0.4, -0.2) is 9.52 Å². The van der Waals surface area contributed by atoms with Gasteiger partial charge in [-0.1, -0.05) is 106 Å². The second-order valence-corrected chi connectivity index (χ2v) is 16.4. The van der Waals surface area contributed by atoms with Crippen LogP contribution in [0.4, 0.5) is 0 Å². The van der Waals surface area contributed by atoms with Crippen molar-refractivity contribution in [3.8, 4) is 0 Å². The molecule has 0 saturated carbocycles. The first-order chi connectivity index (χ1) is 16.6. The topological polar surface area (TPSA) is 0 Å². The van der Waals surface area contributed by atoms with Crippen LogP contribution in [0.25, 0.3) is 21.5 Å². The van der Waals surface area contributed by atoms with Gasteiger partial charge in [0, 0.05) is 9.52 Å². The fourth-order valence-corrected chi connectivity index (χ4v) is 4.49. The van der Waals surface area contributed by atoms with Crippen molar-refractivity contribution in [2.24, 2.45) is 0 Å². The van der Waals surface area contributed by atoms with Gasteiger partial charge < -0.3 is 0 Å². The summed E-state index contributed by atoms with van der Waals surface area (Å²) in [7, 11) is 11.0. The predicted octanol–water partition coefficient (Wildman–Crippen LogP) is 11.1. The van der Waals surface area contributed by atoms with Gasteiger partial charge in [-0.05, 0) is 10.8 Å². The summed E-state index contributed by atoms with van der Waals surface area (Å²) in [4.78, 5) is 0. The Hall–Kier alpha value is -0.660. The zero-order valence-electron chi connectivity index (χ0n) is 24.4. The number of rotatable bonds is 0. The van der Waals surface area contributed by atoms with E-state index in [0.717, 1.165) is 9.52 Å². The third kappa shape index (κ3) is 9.27. The SMILES string of the molecule is C[Si]C.Cc1cc2c(C(C)(C)C)ccc(C)c2[cH-]1.Cc1cc2c(C(C)(C)C)ccc(C)c2[cH-]1.[Cl][Zr+2][Cl]. The third-order valence-electron chi connectivity index (χ3n) is 6.11. The summed E-state index contributed by atoms with van der Waals surface area (Å²) in [5.41, 5.74) is 8.86. The van der Waals surface area contributed by atoms with E-state index in [1.54, 1.807) is 0 Å². The molecular weight excluding hydrogens is 575 g/mol. The molecule has 4 aromatic carbocycles. The van der Waals surface area contributed by atoms with Crippen LogP contribution in [0, 0.1) is 27.7 Å². The minimum absolute atomic E-state index is 0.229. The molecule has 0 unspecified atom stereocenters. The van der Waals surface area contributed by atoms with Crippen LogP contribution in [0.2, 0.25) is 13.1 Å². The summed E-state index contributed by atoms with van der Waals surface area (Å²) < 4.78 is 0. The second-order valence-electron chi connectivity index (χ2n) is 11.7. The third-order valence-corrected chi connectivity index (χ3v) is 6.11. The van der Waals surface area contributed by atoms with E-state index < -0.39 is 20.8 Å². The van der Waals surface area contributed by atoms with E-state index in [-0.39, 0.29) is 10.8 Å². The van der Waals surface area contributed by atoms with Gasteiger partial charge in [-0.15, -0.1) is 68.1 Å². The summed E-state index contributed by atoms with van der Waals surface area (Å²) in [6, 6.07) is 18.2. The molecule has 0 spiro atoms. The number of halogens is 2. The molecule has 194 valence electrons. The quantitative estimate of drug-likeness (QED) is 0.136. The average molecular weight is 619 g/mol. The molecule has 0 amide bonds. The summed E-state index contributed by atoms with van der Waals surface area (Å²) in [6.07, 6.45) is 0. The molecule has 4 heteroatoms. The van der Waals surface area contributed by atoms with Crippen LogP contribution < -0.4 is 0 Å². The van der Waals surface area contributed by atoms with E-state index in [1.807, 2.05) is 0 Å². The Bertz CT molecular complexity index is 1140. The molecule has 0 aromatic heterocycles. The van der Waals surface area contributed by atoms with E-state index in [1.165, 1.54) is 54.9 Å². The van der Waals surface area contributed by atoms with Crippen LogP contribution in [0.15, 0.2) is 48.5 Å². The number of benzene rings is 2. The number of hydrogen-bond donors (Lipinski definition) is 0. The van der Waals surface area contributed by atoms with E-state index in [0.29, 0.717) is 0 Å². The molecule has 0 aliphatic heterocycles. The Kier molecular flexibility index (Phi) is 13.4. The molecule has 0 nitrogen and oxygen atoms in total. The first-order valence-corrected chi connectivity index (χ1v) is 20.8. The van der Waals surface area contributed by atoms with E-state index in [9.17, 15) is 0 Å². The van der Waals surface area contributed by atoms with Crippen molar-refractivity contribution >= 4 is 48.1 Å². The Labute approximate surface area is 242 Å². The van der Waals surface area contributed by atoms with Gasteiger partial charge in [0.25, 0.3) is 0 Å². The first-order valence-electron chi connectivity index (χ1n) is 12.5. The van der Waals surface area contributed by atoms with Gasteiger partial charge >= 0.3 is 37.9 Å². The molecule has 2 radical (unpaired) electrons. The molecule has 0 aliphatic carbocycles. The van der Waals surface area contributed by atoms with Crippen molar-refractivity contribution in [1.82, 2.24) is 0 Å². The molecule has 0 heterocycles. The normalized spacial score (nSPS) is 11.1. The van der Waals surface area contributed by atoms with Crippen molar-refractivity contribution in [3.63, 3.8) is 0 Å². The summed E-state index contributed by atoms with van der Waals surface area (Å²) in [6.45, 7) is 26.7. The monoisotopic (exact) mass is 616 g/mol. The molecule has 0 N–H and O–H groups in total. The Balaban J connectivity index is 0.000000296. The van der Waals surface area contributed by atoms with E-state index in [4.69, 9.17) is 17.0 Å². The summed E-state index contributed by atoms with van der Waals surface area (Å²) in [5, 5.41) is 5.69. The van der Waals surface area contributed by atoms with Crippen LogP contribution in [0.1, 0.15) is 74.9 Å². The standard InChI is InChI=1S/2C15H19.C2H6Si.2ClH.Zr/c2*1-10-8-12-11(2)6-7-14(13(12)9-10)15(3,4)5;1-3-2;;;/h2*6-9H,1-5H3;1-2H3;2*1H;/q2*-1;;;;+4/p-2. The summed E-state index contributed by atoms with van der Waals surface area (Å²) in [5.74, 6) is 0. The maximum absolute atomic E-state index is 4.93. The molecule has 36 heavy (non-hydrogen) atoms. The van der Waals surface area contributed by atoms with Gasteiger partial charge in [0.15, 0.2) is 0 Å². The van der Waals surface area contributed by atoms with Gasteiger partial charge in [0.2, 0.25) is 0 Å². The van der Waals surface area contributed by atoms with Crippen LogP contribution in [0.3, 0.4) is 0 Å². The van der Waals surface area contributed by atoms with E-state index in [2.05, 4.69) is 131 Å². The molecule has 0 aliphatic rings. The van der Waals surface area contributed by atoms with Crippen molar-refractivity contribution in [3.05, 3.63) is 81.9 Å². The van der Waals surface area contributed by atoms with Gasteiger partial charge in [0.1, 0.15) is 0 Å². The minimum atomic E-state index is -0.826. The van der Waals surface area contributed by atoms with Crippen molar-refractivity contribution in [2.75, 3.05) is 0 Å². The number of fused-ring (bicyclic) bond motifs is 2. The molecule has 0 saturated heterocycles. The van der Waals surface area contributed by atoms with Crippen molar-refractivity contribution in [1.29, 1.82) is 0 Å². The molecular formula is C32H44Cl2SiZr. The molecule has 4 rings (SSSR count). The van der Waals surface area contributed by atoms with Crippen LogP contribution >= 0.6 is 17.0 Å². The fourth-order valence-electron chi connectivity index (χ4n) is 4.49. The Morgan fingerprint density at radius 1 is 0.639 bits per heavy atom. The zero-order valence-corrected chi connectivity index (χ0v) is 29.3. The Morgan fingerprint density at radius 3 is 1.17 bits per heavy atom. The predicted molar refractivity (Wildman–Crippen MR) is 165 cm³/mol. The van der Waals surface area contributed by atoms with Crippen molar-refractivity contribution in [2.45, 2.75) is 93.2 Å². The van der Waals surface area contributed by atoms with Gasteiger partial charge in [0.05, 0.1) is 0 Å².